The van der Waals surface area contributed by atoms with E-state index in [1.807, 2.05) is 0 Å². The van der Waals surface area contributed by atoms with Gasteiger partial charge in [-0.3, -0.25) is 9.69 Å². The van der Waals surface area contributed by atoms with Crippen molar-refractivity contribution in [1.29, 1.82) is 0 Å². The first kappa shape index (κ1) is 23.2. The molecule has 0 aromatic heterocycles. The zero-order valence-corrected chi connectivity index (χ0v) is 17.0. The highest BCUT2D eigenvalue weighted by molar-refractivity contribution is 5.85. The monoisotopic (exact) mass is 403 g/mol. The van der Waals surface area contributed by atoms with E-state index in [0.29, 0.717) is 19.8 Å². The van der Waals surface area contributed by atoms with Crippen LogP contribution in [0.2, 0.25) is 0 Å². The van der Waals surface area contributed by atoms with Crippen molar-refractivity contribution in [2.45, 2.75) is 38.9 Å². The van der Waals surface area contributed by atoms with Gasteiger partial charge in [-0.15, -0.1) is 24.8 Å². The molecule has 2 fully saturated rings. The summed E-state index contributed by atoms with van der Waals surface area (Å²) in [5.41, 5.74) is 2.48. The highest BCUT2D eigenvalue weighted by atomic mass is 35.5. The van der Waals surface area contributed by atoms with Crippen molar-refractivity contribution in [1.82, 2.24) is 15.5 Å². The van der Waals surface area contributed by atoms with Gasteiger partial charge < -0.3 is 15.4 Å². The maximum atomic E-state index is 12.1. The largest absolute Gasteiger partial charge is 0.378 e. The minimum Gasteiger partial charge on any atom is -0.378 e. The van der Waals surface area contributed by atoms with E-state index in [4.69, 9.17) is 4.74 Å². The van der Waals surface area contributed by atoms with E-state index >= 15 is 0 Å². The summed E-state index contributed by atoms with van der Waals surface area (Å²) in [6.07, 6.45) is 2.62. The SMILES string of the molecule is CC1CCN(Cc2ccc(CNC(=O)C3COCCN3)cc2)CC1.Cl.Cl. The van der Waals surface area contributed by atoms with Crippen molar-refractivity contribution >= 4 is 30.7 Å². The quantitative estimate of drug-likeness (QED) is 0.791. The van der Waals surface area contributed by atoms with Gasteiger partial charge in [0.05, 0.1) is 13.2 Å². The van der Waals surface area contributed by atoms with Crippen molar-refractivity contribution in [3.05, 3.63) is 35.4 Å². The van der Waals surface area contributed by atoms with Crippen LogP contribution in [-0.4, -0.2) is 49.7 Å². The van der Waals surface area contributed by atoms with Crippen LogP contribution < -0.4 is 10.6 Å². The molecule has 5 nitrogen and oxygen atoms in total. The number of morpholine rings is 1. The van der Waals surface area contributed by atoms with Crippen molar-refractivity contribution in [2.75, 3.05) is 32.8 Å². The number of ether oxygens (including phenoxy) is 1. The minimum absolute atomic E-state index is 0. The normalized spacial score (nSPS) is 21.3. The first-order valence-electron chi connectivity index (χ1n) is 9.10. The molecule has 0 radical (unpaired) electrons. The van der Waals surface area contributed by atoms with Gasteiger partial charge in [0.2, 0.25) is 5.91 Å². The number of piperidine rings is 1. The number of nitrogens with one attached hydrogen (secondary N) is 2. The topological polar surface area (TPSA) is 53.6 Å². The Bertz CT molecular complexity index is 528. The molecular weight excluding hydrogens is 373 g/mol. The smallest absolute Gasteiger partial charge is 0.239 e. The predicted molar refractivity (Wildman–Crippen MR) is 109 cm³/mol. The van der Waals surface area contributed by atoms with Crippen LogP contribution in [0.15, 0.2) is 24.3 Å². The fourth-order valence-electron chi connectivity index (χ4n) is 3.29. The molecule has 0 saturated carbocycles. The molecule has 0 bridgehead atoms. The molecule has 1 unspecified atom stereocenters. The van der Waals surface area contributed by atoms with Crippen LogP contribution in [0.5, 0.6) is 0 Å². The number of nitrogens with zero attached hydrogens (tertiary/aromatic N) is 1. The van der Waals surface area contributed by atoms with Gasteiger partial charge in [0.25, 0.3) is 0 Å². The Labute approximate surface area is 169 Å². The zero-order valence-electron chi connectivity index (χ0n) is 15.4. The number of carbonyl (C=O) groups excluding carboxylic acids is 1. The molecule has 148 valence electrons. The Hall–Kier alpha value is -0.850. The predicted octanol–water partition coefficient (Wildman–Crippen LogP) is 2.37. The number of rotatable bonds is 5. The van der Waals surface area contributed by atoms with Crippen LogP contribution in [0.3, 0.4) is 0 Å². The highest BCUT2D eigenvalue weighted by Crippen LogP contribution is 2.18. The van der Waals surface area contributed by atoms with Crippen LogP contribution in [0, 0.1) is 5.92 Å². The Morgan fingerprint density at radius 3 is 2.46 bits per heavy atom. The van der Waals surface area contributed by atoms with Gasteiger partial charge >= 0.3 is 0 Å². The van der Waals surface area contributed by atoms with Gasteiger partial charge in [-0.05, 0) is 43.0 Å². The van der Waals surface area contributed by atoms with E-state index in [1.165, 1.54) is 31.5 Å². The molecule has 1 amide bonds. The molecule has 2 heterocycles. The number of halogens is 2. The summed E-state index contributed by atoms with van der Waals surface area (Å²) in [6.45, 7) is 8.23. The number of amides is 1. The standard InChI is InChI=1S/C19H29N3O2.2ClH/c1-15-6-9-22(10-7-15)13-17-4-2-16(3-5-17)12-21-19(23)18-14-24-11-8-20-18;;/h2-5,15,18,20H,6-14H2,1H3,(H,21,23);2*1H. The van der Waals surface area contributed by atoms with Crippen molar-refractivity contribution in [3.63, 3.8) is 0 Å². The van der Waals surface area contributed by atoms with E-state index in [2.05, 4.69) is 46.7 Å². The maximum Gasteiger partial charge on any atom is 0.239 e. The third-order valence-corrected chi connectivity index (χ3v) is 5.01. The zero-order chi connectivity index (χ0) is 16.8. The van der Waals surface area contributed by atoms with Crippen LogP contribution in [0.1, 0.15) is 30.9 Å². The highest BCUT2D eigenvalue weighted by Gasteiger charge is 2.20. The number of likely N-dealkylation sites (tertiary alicyclic amines) is 1. The fourth-order valence-corrected chi connectivity index (χ4v) is 3.29. The Morgan fingerprint density at radius 1 is 1.19 bits per heavy atom. The third-order valence-electron chi connectivity index (χ3n) is 5.01. The fraction of sp³-hybridized carbons (Fsp3) is 0.632. The lowest BCUT2D eigenvalue weighted by molar-refractivity contribution is -0.126. The molecule has 1 atom stereocenters. The summed E-state index contributed by atoms with van der Waals surface area (Å²) >= 11 is 0. The lowest BCUT2D eigenvalue weighted by Crippen LogP contribution is -2.51. The molecule has 0 aliphatic carbocycles. The van der Waals surface area contributed by atoms with Crippen LogP contribution in [0.4, 0.5) is 0 Å². The summed E-state index contributed by atoms with van der Waals surface area (Å²) in [5, 5.41) is 6.15. The molecule has 1 aromatic carbocycles. The first-order chi connectivity index (χ1) is 11.7. The minimum atomic E-state index is -0.223. The number of hydrogen-bond donors (Lipinski definition) is 2. The van der Waals surface area contributed by atoms with E-state index in [-0.39, 0.29) is 36.8 Å². The summed E-state index contributed by atoms with van der Waals surface area (Å²) < 4.78 is 5.32. The van der Waals surface area contributed by atoms with Gasteiger partial charge in [0.15, 0.2) is 0 Å². The van der Waals surface area contributed by atoms with Gasteiger partial charge in [0, 0.05) is 19.6 Å². The van der Waals surface area contributed by atoms with E-state index in [9.17, 15) is 4.79 Å². The molecule has 3 rings (SSSR count). The average Bonchev–Trinajstić information content (AvgIpc) is 2.63. The number of carbonyl (C=O) groups is 1. The summed E-state index contributed by atoms with van der Waals surface area (Å²) in [6, 6.07) is 8.38. The molecule has 2 aliphatic heterocycles. The molecule has 1 aromatic rings. The second kappa shape index (κ2) is 11.8. The van der Waals surface area contributed by atoms with Crippen LogP contribution >= 0.6 is 24.8 Å². The Morgan fingerprint density at radius 2 is 1.85 bits per heavy atom. The number of benzene rings is 1. The second-order valence-corrected chi connectivity index (χ2v) is 7.07. The molecular formula is C19H31Cl2N3O2. The Kier molecular flexibility index (Phi) is 10.5. The van der Waals surface area contributed by atoms with Crippen LogP contribution in [-0.2, 0) is 22.6 Å². The van der Waals surface area contributed by atoms with Gasteiger partial charge in [-0.25, -0.2) is 0 Å². The lowest BCUT2D eigenvalue weighted by atomic mass is 9.99. The van der Waals surface area contributed by atoms with E-state index < -0.39 is 0 Å². The first-order valence-corrected chi connectivity index (χ1v) is 9.10. The summed E-state index contributed by atoms with van der Waals surface area (Å²) in [5.74, 6) is 0.887. The summed E-state index contributed by atoms with van der Waals surface area (Å²) in [7, 11) is 0. The summed E-state index contributed by atoms with van der Waals surface area (Å²) in [4.78, 5) is 14.6. The maximum absolute atomic E-state index is 12.1. The van der Waals surface area contributed by atoms with Crippen molar-refractivity contribution in [3.8, 4) is 0 Å². The molecule has 2 aliphatic rings. The molecule has 2 N–H and O–H groups in total. The Balaban J connectivity index is 0.00000169. The second-order valence-electron chi connectivity index (χ2n) is 7.07. The number of hydrogen-bond acceptors (Lipinski definition) is 4. The van der Waals surface area contributed by atoms with Gasteiger partial charge in [-0.2, -0.15) is 0 Å². The van der Waals surface area contributed by atoms with Crippen molar-refractivity contribution in [2.24, 2.45) is 5.92 Å². The van der Waals surface area contributed by atoms with Crippen LogP contribution in [0.25, 0.3) is 0 Å². The van der Waals surface area contributed by atoms with E-state index in [0.717, 1.165) is 24.6 Å². The van der Waals surface area contributed by atoms with Gasteiger partial charge in [0.1, 0.15) is 6.04 Å². The third kappa shape index (κ3) is 7.05. The van der Waals surface area contributed by atoms with Gasteiger partial charge in [-0.1, -0.05) is 31.2 Å². The lowest BCUT2D eigenvalue weighted by Gasteiger charge is -2.30. The molecule has 7 heteroatoms. The molecule has 26 heavy (non-hydrogen) atoms. The molecule has 0 spiro atoms. The molecule has 2 saturated heterocycles. The average molecular weight is 404 g/mol. The van der Waals surface area contributed by atoms with Crippen molar-refractivity contribution < 1.29 is 9.53 Å². The van der Waals surface area contributed by atoms with E-state index in [1.54, 1.807) is 0 Å².